The maximum atomic E-state index is 12.5. The molecule has 0 unspecified atom stereocenters. The van der Waals surface area contributed by atoms with Crippen LogP contribution in [0.1, 0.15) is 11.4 Å². The molecule has 1 aromatic heterocycles. The van der Waals surface area contributed by atoms with E-state index in [2.05, 4.69) is 9.27 Å². The van der Waals surface area contributed by atoms with Gasteiger partial charge in [-0.1, -0.05) is 41.9 Å². The minimum Gasteiger partial charge on any atom is -0.343 e. The Kier molecular flexibility index (Phi) is 6.69. The van der Waals surface area contributed by atoms with Gasteiger partial charge in [-0.15, -0.1) is 11.8 Å². The van der Waals surface area contributed by atoms with Gasteiger partial charge in [0, 0.05) is 54.1 Å². The van der Waals surface area contributed by atoms with Crippen LogP contribution in [0.25, 0.3) is 0 Å². The van der Waals surface area contributed by atoms with Crippen molar-refractivity contribution < 1.29 is 4.79 Å². The molecule has 1 amide bonds. The van der Waals surface area contributed by atoms with Crippen molar-refractivity contribution in [1.82, 2.24) is 14.3 Å². The fourth-order valence-corrected chi connectivity index (χ4v) is 4.81. The molecular formula is C21H21ClN4OS2. The number of amides is 1. The quantitative estimate of drug-likeness (QED) is 0.532. The molecule has 2 aromatic carbocycles. The van der Waals surface area contributed by atoms with Crippen molar-refractivity contribution in [3.05, 3.63) is 71.0 Å². The lowest BCUT2D eigenvalue weighted by Gasteiger charge is -2.34. The Morgan fingerprint density at radius 1 is 1.03 bits per heavy atom. The van der Waals surface area contributed by atoms with Crippen LogP contribution in [0.2, 0.25) is 5.02 Å². The summed E-state index contributed by atoms with van der Waals surface area (Å²) in [6.45, 7) is 3.02. The highest BCUT2D eigenvalue weighted by Gasteiger charge is 2.23. The Balaban J connectivity index is 1.26. The van der Waals surface area contributed by atoms with Gasteiger partial charge in [0.15, 0.2) is 0 Å². The zero-order valence-electron chi connectivity index (χ0n) is 15.8. The van der Waals surface area contributed by atoms with Gasteiger partial charge >= 0.3 is 0 Å². The van der Waals surface area contributed by atoms with Crippen LogP contribution in [-0.4, -0.2) is 52.1 Å². The Labute approximate surface area is 183 Å². The van der Waals surface area contributed by atoms with Gasteiger partial charge in [0.1, 0.15) is 5.82 Å². The Hall–Kier alpha value is -2.09. The minimum absolute atomic E-state index is 0.194. The zero-order valence-corrected chi connectivity index (χ0v) is 18.2. The monoisotopic (exact) mass is 444 g/mol. The topological polar surface area (TPSA) is 49.3 Å². The zero-order chi connectivity index (χ0) is 20.1. The Morgan fingerprint density at radius 3 is 2.48 bits per heavy atom. The molecule has 0 N–H and O–H groups in total. The van der Waals surface area contributed by atoms with Gasteiger partial charge in [-0.05, 0) is 29.8 Å². The van der Waals surface area contributed by atoms with Gasteiger partial charge in [0.25, 0.3) is 0 Å². The van der Waals surface area contributed by atoms with Gasteiger partial charge in [-0.25, -0.2) is 4.98 Å². The summed E-state index contributed by atoms with van der Waals surface area (Å²) in [5, 5.41) is 1.66. The number of aromatic nitrogens is 2. The molecule has 4 rings (SSSR count). The SMILES string of the molecule is O=C(CSc1ccccc1)N1CCN(c2nc(Cc3ccc(Cl)cc3)ns2)CC1. The van der Waals surface area contributed by atoms with E-state index in [9.17, 15) is 4.79 Å². The van der Waals surface area contributed by atoms with Gasteiger partial charge < -0.3 is 9.80 Å². The maximum absolute atomic E-state index is 12.5. The summed E-state index contributed by atoms with van der Waals surface area (Å²) in [7, 11) is 0. The number of hydrogen-bond donors (Lipinski definition) is 0. The smallest absolute Gasteiger partial charge is 0.233 e. The normalized spacial score (nSPS) is 14.2. The first-order chi connectivity index (χ1) is 14.2. The summed E-state index contributed by atoms with van der Waals surface area (Å²) in [4.78, 5) is 22.5. The molecular weight excluding hydrogens is 424 g/mol. The second kappa shape index (κ2) is 9.61. The molecule has 2 heterocycles. The first-order valence-corrected chi connectivity index (χ1v) is 11.6. The molecule has 5 nitrogen and oxygen atoms in total. The first kappa shape index (κ1) is 20.2. The molecule has 1 aliphatic rings. The fraction of sp³-hybridized carbons (Fsp3) is 0.286. The number of rotatable bonds is 6. The first-order valence-electron chi connectivity index (χ1n) is 9.45. The molecule has 150 valence electrons. The second-order valence-corrected chi connectivity index (χ2v) is 8.98. The van der Waals surface area contributed by atoms with Crippen LogP contribution in [0.5, 0.6) is 0 Å². The van der Waals surface area contributed by atoms with Crippen LogP contribution in [0.15, 0.2) is 59.5 Å². The number of anilines is 1. The van der Waals surface area contributed by atoms with Gasteiger partial charge in [0.05, 0.1) is 5.75 Å². The second-order valence-electron chi connectivity index (χ2n) is 6.77. The van der Waals surface area contributed by atoms with Gasteiger partial charge in [0.2, 0.25) is 11.0 Å². The Morgan fingerprint density at radius 2 is 1.76 bits per heavy atom. The number of halogens is 1. The molecule has 1 fully saturated rings. The molecule has 0 aliphatic carbocycles. The van der Waals surface area contributed by atoms with E-state index in [1.165, 1.54) is 11.5 Å². The fourth-order valence-electron chi connectivity index (χ4n) is 3.13. The van der Waals surface area contributed by atoms with Crippen LogP contribution in [0.3, 0.4) is 0 Å². The lowest BCUT2D eigenvalue weighted by Crippen LogP contribution is -2.49. The number of carbonyl (C=O) groups is 1. The van der Waals surface area contributed by atoms with E-state index >= 15 is 0 Å². The van der Waals surface area contributed by atoms with Gasteiger partial charge in [-0.2, -0.15) is 4.37 Å². The highest BCUT2D eigenvalue weighted by Crippen LogP contribution is 2.22. The molecule has 29 heavy (non-hydrogen) atoms. The van der Waals surface area contributed by atoms with E-state index in [1.807, 2.05) is 59.5 Å². The predicted molar refractivity (Wildman–Crippen MR) is 120 cm³/mol. The molecule has 0 atom stereocenters. The summed E-state index contributed by atoms with van der Waals surface area (Å²) in [5.41, 5.74) is 1.14. The van der Waals surface area contributed by atoms with Crippen LogP contribution in [0.4, 0.5) is 5.13 Å². The third-order valence-electron chi connectivity index (χ3n) is 4.74. The van der Waals surface area contributed by atoms with Crippen LogP contribution < -0.4 is 4.90 Å². The van der Waals surface area contributed by atoms with Crippen molar-refractivity contribution >= 4 is 45.9 Å². The molecule has 1 aliphatic heterocycles. The molecule has 3 aromatic rings. The number of benzene rings is 2. The average molecular weight is 445 g/mol. The van der Waals surface area contributed by atoms with E-state index in [4.69, 9.17) is 16.6 Å². The summed E-state index contributed by atoms with van der Waals surface area (Å²) in [5.74, 6) is 1.50. The number of carbonyl (C=O) groups excluding carboxylic acids is 1. The van der Waals surface area contributed by atoms with E-state index in [0.29, 0.717) is 12.2 Å². The molecule has 8 heteroatoms. The number of piperazine rings is 1. The number of hydrogen-bond acceptors (Lipinski definition) is 6. The Bertz CT molecular complexity index is 941. The predicted octanol–water partition coefficient (Wildman–Crippen LogP) is 4.22. The summed E-state index contributed by atoms with van der Waals surface area (Å²) >= 11 is 8.96. The summed E-state index contributed by atoms with van der Waals surface area (Å²) < 4.78 is 4.50. The van der Waals surface area contributed by atoms with Crippen LogP contribution in [-0.2, 0) is 11.2 Å². The highest BCUT2D eigenvalue weighted by atomic mass is 35.5. The largest absolute Gasteiger partial charge is 0.343 e. The molecule has 0 bridgehead atoms. The van der Waals surface area contributed by atoms with Crippen molar-refractivity contribution in [2.75, 3.05) is 36.8 Å². The number of nitrogens with zero attached hydrogens (tertiary/aromatic N) is 4. The van der Waals surface area contributed by atoms with Crippen molar-refractivity contribution in [2.24, 2.45) is 0 Å². The van der Waals surface area contributed by atoms with Crippen molar-refractivity contribution in [2.45, 2.75) is 11.3 Å². The van der Waals surface area contributed by atoms with Crippen LogP contribution >= 0.6 is 34.9 Å². The lowest BCUT2D eigenvalue weighted by molar-refractivity contribution is -0.128. The van der Waals surface area contributed by atoms with Crippen molar-refractivity contribution in [3.8, 4) is 0 Å². The summed E-state index contributed by atoms with van der Waals surface area (Å²) in [6, 6.07) is 17.8. The molecule has 0 radical (unpaired) electrons. The number of thioether (sulfide) groups is 1. The molecule has 1 saturated heterocycles. The van der Waals surface area contributed by atoms with Crippen molar-refractivity contribution in [3.63, 3.8) is 0 Å². The van der Waals surface area contributed by atoms with E-state index in [-0.39, 0.29) is 5.91 Å². The third kappa shape index (κ3) is 5.50. The average Bonchev–Trinajstić information content (AvgIpc) is 3.23. The van der Waals surface area contributed by atoms with Crippen molar-refractivity contribution in [1.29, 1.82) is 0 Å². The van der Waals surface area contributed by atoms with Gasteiger partial charge in [-0.3, -0.25) is 4.79 Å². The standard InChI is InChI=1S/C21H21ClN4OS2/c22-17-8-6-16(7-9-17)14-19-23-21(29-24-19)26-12-10-25(11-13-26)20(27)15-28-18-4-2-1-3-5-18/h1-9H,10-15H2. The molecule has 0 spiro atoms. The van der Waals surface area contributed by atoms with E-state index < -0.39 is 0 Å². The van der Waals surface area contributed by atoms with E-state index in [1.54, 1.807) is 11.8 Å². The van der Waals surface area contributed by atoms with Crippen LogP contribution in [0, 0.1) is 0 Å². The summed E-state index contributed by atoms with van der Waals surface area (Å²) in [6.07, 6.45) is 0.697. The maximum Gasteiger partial charge on any atom is 0.233 e. The third-order valence-corrected chi connectivity index (χ3v) is 6.80. The highest BCUT2D eigenvalue weighted by molar-refractivity contribution is 8.00. The minimum atomic E-state index is 0.194. The molecule has 0 saturated carbocycles. The van der Waals surface area contributed by atoms with E-state index in [0.717, 1.165) is 52.6 Å². The lowest BCUT2D eigenvalue weighted by atomic mass is 10.1.